The van der Waals surface area contributed by atoms with Gasteiger partial charge in [0.05, 0.1) is 6.20 Å². The molecule has 0 aliphatic carbocycles. The molecular formula is C24H21F2N3O2. The molecule has 1 unspecified atom stereocenters. The number of carbonyl (C=O) groups excluding carboxylic acids is 1. The fourth-order valence-electron chi connectivity index (χ4n) is 4.16. The summed E-state index contributed by atoms with van der Waals surface area (Å²) in [4.78, 5) is 22.5. The van der Waals surface area contributed by atoms with Crippen LogP contribution in [0.25, 0.3) is 10.9 Å². The van der Waals surface area contributed by atoms with Crippen LogP contribution in [0.5, 0.6) is 0 Å². The lowest BCUT2D eigenvalue weighted by Gasteiger charge is -2.33. The van der Waals surface area contributed by atoms with E-state index in [2.05, 4.69) is 9.97 Å². The first-order valence-corrected chi connectivity index (χ1v) is 10.3. The van der Waals surface area contributed by atoms with Crippen molar-refractivity contribution in [3.63, 3.8) is 0 Å². The number of rotatable bonds is 4. The molecule has 0 bridgehead atoms. The predicted octanol–water partition coefficient (Wildman–Crippen LogP) is 5.39. The van der Waals surface area contributed by atoms with Crippen LogP contribution in [-0.2, 0) is 6.42 Å². The van der Waals surface area contributed by atoms with Crippen molar-refractivity contribution in [2.75, 3.05) is 6.54 Å². The molecule has 31 heavy (non-hydrogen) atoms. The molecule has 3 heterocycles. The molecule has 1 N–H and O–H groups in total. The maximum Gasteiger partial charge on any atom is 0.270 e. The highest BCUT2D eigenvalue weighted by Crippen LogP contribution is 2.32. The maximum absolute atomic E-state index is 13.5. The van der Waals surface area contributed by atoms with Gasteiger partial charge in [0.1, 0.15) is 29.1 Å². The first kappa shape index (κ1) is 19.5. The fraction of sp³-hybridized carbons (Fsp3) is 0.250. The SMILES string of the molecule is O=C(c1cc2ccc(F)cc2[nH]1)N1CCCCC1c1ncc(Cc2ccc(F)cc2)o1. The third-order valence-corrected chi connectivity index (χ3v) is 5.73. The van der Waals surface area contributed by atoms with Gasteiger partial charge in [-0.3, -0.25) is 4.79 Å². The molecule has 2 aromatic heterocycles. The van der Waals surface area contributed by atoms with E-state index in [1.165, 1.54) is 24.3 Å². The van der Waals surface area contributed by atoms with Gasteiger partial charge >= 0.3 is 0 Å². The number of aromatic nitrogens is 2. The van der Waals surface area contributed by atoms with Crippen molar-refractivity contribution in [3.8, 4) is 0 Å². The number of hydrogen-bond acceptors (Lipinski definition) is 3. The molecule has 1 aliphatic heterocycles. The minimum Gasteiger partial charge on any atom is -0.443 e. The minimum absolute atomic E-state index is 0.153. The number of carbonyl (C=O) groups is 1. The topological polar surface area (TPSA) is 62.1 Å². The van der Waals surface area contributed by atoms with Gasteiger partial charge in [-0.1, -0.05) is 12.1 Å². The Kier molecular flexibility index (Phi) is 5.02. The van der Waals surface area contributed by atoms with Gasteiger partial charge in [-0.25, -0.2) is 13.8 Å². The van der Waals surface area contributed by atoms with Crippen molar-refractivity contribution in [1.29, 1.82) is 0 Å². The highest BCUT2D eigenvalue weighted by Gasteiger charge is 2.32. The van der Waals surface area contributed by atoms with Crippen molar-refractivity contribution < 1.29 is 18.0 Å². The second-order valence-corrected chi connectivity index (χ2v) is 7.89. The van der Waals surface area contributed by atoms with Gasteiger partial charge in [0, 0.05) is 23.9 Å². The number of amides is 1. The average molecular weight is 421 g/mol. The predicted molar refractivity (Wildman–Crippen MR) is 112 cm³/mol. The van der Waals surface area contributed by atoms with Gasteiger partial charge in [-0.15, -0.1) is 0 Å². The Morgan fingerprint density at radius 2 is 1.90 bits per heavy atom. The molecule has 1 aliphatic rings. The van der Waals surface area contributed by atoms with Crippen LogP contribution in [-0.4, -0.2) is 27.3 Å². The van der Waals surface area contributed by atoms with Gasteiger partial charge in [0.25, 0.3) is 5.91 Å². The van der Waals surface area contributed by atoms with E-state index in [4.69, 9.17) is 4.42 Å². The highest BCUT2D eigenvalue weighted by molar-refractivity contribution is 5.98. The van der Waals surface area contributed by atoms with Crippen molar-refractivity contribution >= 4 is 16.8 Å². The largest absolute Gasteiger partial charge is 0.443 e. The zero-order chi connectivity index (χ0) is 21.4. The van der Waals surface area contributed by atoms with Crippen molar-refractivity contribution in [2.24, 2.45) is 0 Å². The molecule has 1 amide bonds. The van der Waals surface area contributed by atoms with E-state index >= 15 is 0 Å². The quantitative estimate of drug-likeness (QED) is 0.480. The van der Waals surface area contributed by atoms with E-state index in [0.29, 0.717) is 35.8 Å². The smallest absolute Gasteiger partial charge is 0.270 e. The van der Waals surface area contributed by atoms with E-state index < -0.39 is 0 Å². The molecule has 158 valence electrons. The van der Waals surface area contributed by atoms with E-state index in [1.807, 2.05) is 0 Å². The first-order chi connectivity index (χ1) is 15.1. The number of piperidine rings is 1. The number of likely N-dealkylation sites (tertiary alicyclic amines) is 1. The van der Waals surface area contributed by atoms with Crippen molar-refractivity contribution in [2.45, 2.75) is 31.7 Å². The Morgan fingerprint density at radius 3 is 2.74 bits per heavy atom. The van der Waals surface area contributed by atoms with Crippen LogP contribution in [0.1, 0.15) is 53.0 Å². The lowest BCUT2D eigenvalue weighted by atomic mass is 10.0. The normalized spacial score (nSPS) is 16.7. The zero-order valence-corrected chi connectivity index (χ0v) is 16.8. The number of nitrogens with one attached hydrogen (secondary N) is 1. The van der Waals surface area contributed by atoms with Gasteiger partial charge in [-0.2, -0.15) is 0 Å². The monoisotopic (exact) mass is 421 g/mol. The zero-order valence-electron chi connectivity index (χ0n) is 16.8. The second-order valence-electron chi connectivity index (χ2n) is 7.89. The van der Waals surface area contributed by atoms with Crippen molar-refractivity contribution in [3.05, 3.63) is 89.3 Å². The fourth-order valence-corrected chi connectivity index (χ4v) is 4.16. The summed E-state index contributed by atoms with van der Waals surface area (Å²) >= 11 is 0. The number of aromatic amines is 1. The molecule has 7 heteroatoms. The summed E-state index contributed by atoms with van der Waals surface area (Å²) in [6, 6.07) is 12.2. The number of H-pyrrole nitrogens is 1. The molecule has 2 aromatic carbocycles. The molecule has 0 saturated carbocycles. The summed E-state index contributed by atoms with van der Waals surface area (Å²) in [6.07, 6.45) is 4.81. The van der Waals surface area contributed by atoms with Crippen LogP contribution in [0.2, 0.25) is 0 Å². The molecular weight excluding hydrogens is 400 g/mol. The van der Waals surface area contributed by atoms with E-state index in [9.17, 15) is 13.6 Å². The van der Waals surface area contributed by atoms with Gasteiger partial charge in [0.15, 0.2) is 0 Å². The molecule has 0 radical (unpaired) electrons. The molecule has 5 rings (SSSR count). The second kappa shape index (κ2) is 7.98. The summed E-state index contributed by atoms with van der Waals surface area (Å²) < 4.78 is 32.6. The Bertz CT molecular complexity index is 1230. The van der Waals surface area contributed by atoms with Crippen LogP contribution >= 0.6 is 0 Å². The lowest BCUT2D eigenvalue weighted by Crippen LogP contribution is -2.38. The standard InChI is InChI=1S/C24H21F2N3O2/c25-17-7-4-15(5-8-17)11-19-14-27-23(31-19)22-3-1-2-10-29(22)24(30)21-12-16-6-9-18(26)13-20(16)28-21/h4-9,12-14,22,28H,1-3,10-11H2. The van der Waals surface area contributed by atoms with Crippen LogP contribution in [0.4, 0.5) is 8.78 Å². The molecule has 1 fully saturated rings. The minimum atomic E-state index is -0.349. The summed E-state index contributed by atoms with van der Waals surface area (Å²) in [5.74, 6) is 0.392. The number of halogens is 2. The summed E-state index contributed by atoms with van der Waals surface area (Å²) in [5, 5.41) is 0.788. The van der Waals surface area contributed by atoms with Gasteiger partial charge < -0.3 is 14.3 Å². The molecule has 4 aromatic rings. The van der Waals surface area contributed by atoms with Gasteiger partial charge in [-0.05, 0) is 61.2 Å². The Hall–Kier alpha value is -3.48. The van der Waals surface area contributed by atoms with E-state index in [-0.39, 0.29) is 23.6 Å². The van der Waals surface area contributed by atoms with Gasteiger partial charge in [0.2, 0.25) is 5.89 Å². The molecule has 5 nitrogen and oxygen atoms in total. The maximum atomic E-state index is 13.5. The first-order valence-electron chi connectivity index (χ1n) is 10.3. The van der Waals surface area contributed by atoms with Crippen LogP contribution in [0.15, 0.2) is 59.1 Å². The average Bonchev–Trinajstić information content (AvgIpc) is 3.41. The summed E-state index contributed by atoms with van der Waals surface area (Å²) in [6.45, 7) is 0.600. The van der Waals surface area contributed by atoms with Crippen molar-refractivity contribution in [1.82, 2.24) is 14.9 Å². The number of hydrogen-bond donors (Lipinski definition) is 1. The molecule has 1 saturated heterocycles. The molecule has 0 spiro atoms. The third-order valence-electron chi connectivity index (χ3n) is 5.73. The Balaban J connectivity index is 1.38. The third kappa shape index (κ3) is 3.95. The lowest BCUT2D eigenvalue weighted by molar-refractivity contribution is 0.0565. The van der Waals surface area contributed by atoms with E-state index in [1.54, 1.807) is 35.4 Å². The van der Waals surface area contributed by atoms with Crippen LogP contribution < -0.4 is 0 Å². The number of benzene rings is 2. The molecule has 1 atom stereocenters. The Morgan fingerprint density at radius 1 is 1.10 bits per heavy atom. The number of fused-ring (bicyclic) bond motifs is 1. The summed E-state index contributed by atoms with van der Waals surface area (Å²) in [5.41, 5.74) is 1.94. The highest BCUT2D eigenvalue weighted by atomic mass is 19.1. The summed E-state index contributed by atoms with van der Waals surface area (Å²) in [7, 11) is 0. The van der Waals surface area contributed by atoms with Crippen LogP contribution in [0.3, 0.4) is 0 Å². The Labute approximate surface area is 177 Å². The van der Waals surface area contributed by atoms with Crippen LogP contribution in [0, 0.1) is 11.6 Å². The number of oxazole rings is 1. The van der Waals surface area contributed by atoms with E-state index in [0.717, 1.165) is 30.2 Å². The number of nitrogens with zero attached hydrogens (tertiary/aromatic N) is 2.